The number of carbonyl (C=O) groups excluding carboxylic acids is 1. The van der Waals surface area contributed by atoms with Crippen LogP contribution in [-0.2, 0) is 6.42 Å². The van der Waals surface area contributed by atoms with Crippen LogP contribution in [0.25, 0.3) is 0 Å². The predicted molar refractivity (Wildman–Crippen MR) is 117 cm³/mol. The van der Waals surface area contributed by atoms with Gasteiger partial charge in [-0.1, -0.05) is 39.0 Å². The van der Waals surface area contributed by atoms with Crippen molar-refractivity contribution in [3.05, 3.63) is 77.2 Å². The van der Waals surface area contributed by atoms with Gasteiger partial charge in [0.25, 0.3) is 5.91 Å². The van der Waals surface area contributed by atoms with Crippen LogP contribution in [0.15, 0.2) is 54.6 Å². The highest BCUT2D eigenvalue weighted by molar-refractivity contribution is 6.07. The fourth-order valence-corrected chi connectivity index (χ4v) is 3.04. The molecule has 0 aliphatic carbocycles. The van der Waals surface area contributed by atoms with Gasteiger partial charge in [0.2, 0.25) is 5.95 Å². The summed E-state index contributed by atoms with van der Waals surface area (Å²) in [4.78, 5) is 16.0. The molecule has 5 nitrogen and oxygen atoms in total. The lowest BCUT2D eigenvalue weighted by molar-refractivity contribution is 0.102. The maximum Gasteiger partial charge on any atom is 0.259 e. The normalized spacial score (nSPS) is 11.2. The number of aryl methyl sites for hydroxylation is 1. The van der Waals surface area contributed by atoms with Gasteiger partial charge >= 0.3 is 0 Å². The highest BCUT2D eigenvalue weighted by Crippen LogP contribution is 2.31. The number of ether oxygens (including phenoxy) is 1. The molecule has 1 heterocycles. The molecule has 156 valence electrons. The molecule has 0 spiro atoms. The summed E-state index contributed by atoms with van der Waals surface area (Å²) in [5, 5.41) is 2.74. The van der Waals surface area contributed by atoms with Crippen LogP contribution in [-0.4, -0.2) is 10.9 Å². The topological polar surface area (TPSA) is 77.2 Å². The van der Waals surface area contributed by atoms with Crippen LogP contribution in [0, 0.1) is 18.3 Å². The Labute approximate surface area is 176 Å². The van der Waals surface area contributed by atoms with E-state index < -0.39 is 11.9 Å². The molecule has 0 aliphatic rings. The number of anilines is 2. The minimum atomic E-state index is -0.683. The molecule has 0 saturated heterocycles. The van der Waals surface area contributed by atoms with E-state index in [-0.39, 0.29) is 22.4 Å². The number of nitrogen functional groups attached to an aromatic ring is 1. The van der Waals surface area contributed by atoms with E-state index in [2.05, 4.69) is 37.1 Å². The average Bonchev–Trinajstić information content (AvgIpc) is 2.66. The summed E-state index contributed by atoms with van der Waals surface area (Å²) in [6, 6.07) is 16.4. The zero-order chi connectivity index (χ0) is 21.9. The first kappa shape index (κ1) is 21.3. The van der Waals surface area contributed by atoms with Gasteiger partial charge in [-0.25, -0.2) is 4.98 Å². The number of benzene rings is 2. The number of carbonyl (C=O) groups is 1. The van der Waals surface area contributed by atoms with Crippen molar-refractivity contribution < 1.29 is 13.9 Å². The number of pyridine rings is 1. The van der Waals surface area contributed by atoms with Gasteiger partial charge < -0.3 is 15.8 Å². The van der Waals surface area contributed by atoms with Crippen molar-refractivity contribution >= 4 is 17.4 Å². The minimum Gasteiger partial charge on any atom is -0.457 e. The van der Waals surface area contributed by atoms with Gasteiger partial charge in [0.15, 0.2) is 0 Å². The Hall–Kier alpha value is -3.41. The fourth-order valence-electron chi connectivity index (χ4n) is 3.04. The summed E-state index contributed by atoms with van der Waals surface area (Å²) >= 11 is 0. The molecule has 0 bridgehead atoms. The van der Waals surface area contributed by atoms with Gasteiger partial charge in [0.1, 0.15) is 17.3 Å². The molecule has 0 aliphatic heterocycles. The summed E-state index contributed by atoms with van der Waals surface area (Å²) in [6.45, 7) is 8.09. The van der Waals surface area contributed by atoms with Crippen LogP contribution in [0.3, 0.4) is 0 Å². The maximum absolute atomic E-state index is 13.5. The Morgan fingerprint density at radius 2 is 1.80 bits per heavy atom. The zero-order valence-electron chi connectivity index (χ0n) is 17.6. The largest absolute Gasteiger partial charge is 0.457 e. The van der Waals surface area contributed by atoms with Gasteiger partial charge in [-0.2, -0.15) is 4.39 Å². The Kier molecular flexibility index (Phi) is 6.06. The van der Waals surface area contributed by atoms with Crippen LogP contribution in [0.5, 0.6) is 11.5 Å². The maximum atomic E-state index is 13.5. The molecule has 0 fully saturated rings. The van der Waals surface area contributed by atoms with Crippen LogP contribution in [0.4, 0.5) is 15.9 Å². The minimum absolute atomic E-state index is 0.130. The monoisotopic (exact) mass is 407 g/mol. The lowest BCUT2D eigenvalue weighted by Gasteiger charge is -2.20. The Morgan fingerprint density at radius 3 is 2.47 bits per heavy atom. The molecule has 0 atom stereocenters. The van der Waals surface area contributed by atoms with E-state index in [0.29, 0.717) is 11.4 Å². The van der Waals surface area contributed by atoms with E-state index in [0.717, 1.165) is 17.7 Å². The van der Waals surface area contributed by atoms with Gasteiger partial charge in [-0.05, 0) is 60.7 Å². The number of para-hydroxylation sites is 1. The molecular weight excluding hydrogens is 381 g/mol. The second kappa shape index (κ2) is 8.53. The predicted octanol–water partition coefficient (Wildman–Crippen LogP) is 5.74. The van der Waals surface area contributed by atoms with Crippen molar-refractivity contribution in [2.24, 2.45) is 5.41 Å². The number of nitrogens with one attached hydrogen (secondary N) is 1. The molecule has 0 unspecified atom stereocenters. The number of rotatable bonds is 5. The van der Waals surface area contributed by atoms with E-state index in [9.17, 15) is 9.18 Å². The number of amides is 1. The third-order valence-corrected chi connectivity index (χ3v) is 4.46. The van der Waals surface area contributed by atoms with Crippen LogP contribution >= 0.6 is 0 Å². The van der Waals surface area contributed by atoms with Crippen LogP contribution < -0.4 is 15.8 Å². The van der Waals surface area contributed by atoms with Crippen LogP contribution in [0.2, 0.25) is 0 Å². The molecule has 1 amide bonds. The zero-order valence-corrected chi connectivity index (χ0v) is 17.6. The number of hydrogen-bond acceptors (Lipinski definition) is 4. The fraction of sp³-hybridized carbons (Fsp3) is 0.250. The standard InChI is InChI=1S/C24H26FN3O2/c1-15-13-19(22(26)28-21(15)25)23(29)27-17-9-11-18(12-10-17)30-20-8-6-5-7-16(20)14-24(2,3)4/h5-13H,14H2,1-4H3,(H2,26,28)(H,27,29). The van der Waals surface area contributed by atoms with E-state index in [1.54, 1.807) is 24.3 Å². The van der Waals surface area contributed by atoms with E-state index in [1.807, 2.05) is 18.2 Å². The van der Waals surface area contributed by atoms with Crippen molar-refractivity contribution in [1.29, 1.82) is 0 Å². The van der Waals surface area contributed by atoms with Gasteiger partial charge in [0, 0.05) is 11.3 Å². The second-order valence-electron chi connectivity index (χ2n) is 8.45. The van der Waals surface area contributed by atoms with E-state index >= 15 is 0 Å². The molecule has 2 aromatic carbocycles. The molecule has 3 rings (SSSR count). The smallest absolute Gasteiger partial charge is 0.259 e. The molecule has 6 heteroatoms. The van der Waals surface area contributed by atoms with E-state index in [4.69, 9.17) is 10.5 Å². The number of aromatic nitrogens is 1. The number of halogens is 1. The Balaban J connectivity index is 1.72. The van der Waals surface area contributed by atoms with Crippen molar-refractivity contribution in [3.63, 3.8) is 0 Å². The summed E-state index contributed by atoms with van der Waals surface area (Å²) in [5.74, 6) is 0.189. The SMILES string of the molecule is Cc1cc(C(=O)Nc2ccc(Oc3ccccc3CC(C)(C)C)cc2)c(N)nc1F. The van der Waals surface area contributed by atoms with Crippen molar-refractivity contribution in [2.45, 2.75) is 34.1 Å². The van der Waals surface area contributed by atoms with E-state index in [1.165, 1.54) is 13.0 Å². The molecule has 3 N–H and O–H groups in total. The third kappa shape index (κ3) is 5.35. The molecule has 0 saturated carbocycles. The first-order valence-electron chi connectivity index (χ1n) is 9.72. The lowest BCUT2D eigenvalue weighted by atomic mass is 9.88. The Morgan fingerprint density at radius 1 is 1.13 bits per heavy atom. The summed E-state index contributed by atoms with van der Waals surface area (Å²) in [5.41, 5.74) is 7.91. The molecular formula is C24H26FN3O2. The summed E-state index contributed by atoms with van der Waals surface area (Å²) < 4.78 is 19.5. The first-order chi connectivity index (χ1) is 14.1. The quantitative estimate of drug-likeness (QED) is 0.528. The Bertz CT molecular complexity index is 1060. The van der Waals surface area contributed by atoms with Crippen molar-refractivity contribution in [2.75, 3.05) is 11.1 Å². The highest BCUT2D eigenvalue weighted by atomic mass is 19.1. The number of nitrogens with two attached hydrogens (primary N) is 1. The summed E-state index contributed by atoms with van der Waals surface area (Å²) in [7, 11) is 0. The third-order valence-electron chi connectivity index (χ3n) is 4.46. The van der Waals surface area contributed by atoms with Crippen LogP contribution in [0.1, 0.15) is 42.3 Å². The second-order valence-corrected chi connectivity index (χ2v) is 8.45. The number of nitrogens with zero attached hydrogens (tertiary/aromatic N) is 1. The van der Waals surface area contributed by atoms with Crippen molar-refractivity contribution in [3.8, 4) is 11.5 Å². The van der Waals surface area contributed by atoms with Gasteiger partial charge in [-0.15, -0.1) is 0 Å². The summed E-state index contributed by atoms with van der Waals surface area (Å²) in [6.07, 6.45) is 0.893. The molecule has 30 heavy (non-hydrogen) atoms. The molecule has 1 aromatic heterocycles. The molecule has 0 radical (unpaired) electrons. The van der Waals surface area contributed by atoms with Gasteiger partial charge in [-0.3, -0.25) is 4.79 Å². The first-order valence-corrected chi connectivity index (χ1v) is 9.72. The lowest BCUT2D eigenvalue weighted by Crippen LogP contribution is -2.16. The molecule has 3 aromatic rings. The average molecular weight is 407 g/mol. The highest BCUT2D eigenvalue weighted by Gasteiger charge is 2.16. The number of hydrogen-bond donors (Lipinski definition) is 2. The van der Waals surface area contributed by atoms with Gasteiger partial charge in [0.05, 0.1) is 5.56 Å². The van der Waals surface area contributed by atoms with Crippen molar-refractivity contribution in [1.82, 2.24) is 4.98 Å².